The highest BCUT2D eigenvalue weighted by Crippen LogP contribution is 2.76. The summed E-state index contributed by atoms with van der Waals surface area (Å²) in [6, 6.07) is 12.5. The van der Waals surface area contributed by atoms with Crippen molar-refractivity contribution in [3.05, 3.63) is 64.7 Å². The van der Waals surface area contributed by atoms with E-state index < -0.39 is 5.60 Å². The van der Waals surface area contributed by atoms with Gasteiger partial charge in [-0.25, -0.2) is 0 Å². The maximum Gasteiger partial charge on any atom is 0.244 e. The molecule has 0 radical (unpaired) electrons. The minimum Gasteiger partial charge on any atom is -0.504 e. The number of ether oxygens (including phenoxy) is 2. The second-order valence-corrected chi connectivity index (χ2v) is 12.1. The number of hydrogen-bond acceptors (Lipinski definition) is 5. The van der Waals surface area contributed by atoms with Crippen molar-refractivity contribution in [2.75, 3.05) is 27.2 Å². The summed E-state index contributed by atoms with van der Waals surface area (Å²) in [6.45, 7) is 3.63. The third-order valence-corrected chi connectivity index (χ3v) is 10.8. The number of likely N-dealkylation sites (tertiary alicyclic amines) is 1. The van der Waals surface area contributed by atoms with Crippen molar-refractivity contribution in [3.63, 3.8) is 0 Å². The number of nitrogens with one attached hydrogen (secondary N) is 1. The number of methoxy groups -OCH3 is 1. The van der Waals surface area contributed by atoms with E-state index in [-0.39, 0.29) is 34.5 Å². The smallest absolute Gasteiger partial charge is 0.244 e. The lowest BCUT2D eigenvalue weighted by molar-refractivity contribution is -0.274. The molecule has 4 fully saturated rings. The number of phenolic OH excluding ortho intramolecular Hbond substituents is 1. The number of aryl methyl sites for hydroxylation is 1. The zero-order valence-electron chi connectivity index (χ0n) is 21.9. The molecule has 6 nitrogen and oxygen atoms in total. The second kappa shape index (κ2) is 7.84. The van der Waals surface area contributed by atoms with Gasteiger partial charge < -0.3 is 24.8 Å². The number of hydrogen-bond donors (Lipinski definition) is 2. The van der Waals surface area contributed by atoms with Gasteiger partial charge in [-0.1, -0.05) is 35.9 Å². The van der Waals surface area contributed by atoms with Crippen LogP contribution in [0, 0.1) is 18.3 Å². The van der Waals surface area contributed by atoms with Crippen molar-refractivity contribution < 1.29 is 19.4 Å². The molecule has 3 saturated carbocycles. The number of carbonyl (C=O) groups excluding carboxylic acids is 1. The van der Waals surface area contributed by atoms with Gasteiger partial charge in [0.25, 0.3) is 0 Å². The molecule has 6 aliphatic rings. The van der Waals surface area contributed by atoms with Crippen molar-refractivity contribution in [3.8, 4) is 11.5 Å². The van der Waals surface area contributed by atoms with Gasteiger partial charge in [0, 0.05) is 48.1 Å². The number of nitrogens with zero attached hydrogens (tertiary/aromatic N) is 1. The lowest BCUT2D eigenvalue weighted by Gasteiger charge is -2.73. The second-order valence-electron chi connectivity index (χ2n) is 12.1. The van der Waals surface area contributed by atoms with E-state index in [1.165, 1.54) is 16.7 Å². The summed E-state index contributed by atoms with van der Waals surface area (Å²) in [5.41, 5.74) is 4.18. The van der Waals surface area contributed by atoms with Gasteiger partial charge in [0.05, 0.1) is 0 Å². The standard InChI is InChI=1S/C31H36N2O4/c1-19-4-6-20(7-5-19)8-11-25(35)32-18-22-17-29-12-13-31(22,36-3)28-30(29)14-15-33(2)24(29)16-21-9-10-23(34)27(37-28)26(21)30/h4-11,22,24,28,34H,12-18H2,1-3H3,(H,32,35)/b11-8+/t22-,24-,28-,29-,30+,31-/m1/s1. The molecule has 1 saturated heterocycles. The molecular formula is C31H36N2O4. The van der Waals surface area contributed by atoms with Gasteiger partial charge in [-0.05, 0) is 75.9 Å². The Bertz CT molecular complexity index is 1310. The number of benzene rings is 2. The summed E-state index contributed by atoms with van der Waals surface area (Å²) >= 11 is 0. The highest BCUT2D eigenvalue weighted by atomic mass is 16.6. The van der Waals surface area contributed by atoms with Crippen molar-refractivity contribution >= 4 is 12.0 Å². The van der Waals surface area contributed by atoms with Gasteiger partial charge in [0.2, 0.25) is 5.91 Å². The fraction of sp³-hybridized carbons (Fsp3) is 0.516. The predicted octanol–water partition coefficient (Wildman–Crippen LogP) is 3.97. The van der Waals surface area contributed by atoms with E-state index in [0.29, 0.717) is 18.3 Å². The van der Waals surface area contributed by atoms with Crippen LogP contribution in [0.1, 0.15) is 47.9 Å². The number of aromatic hydroxyl groups is 1. The molecule has 2 heterocycles. The zero-order chi connectivity index (χ0) is 25.6. The van der Waals surface area contributed by atoms with Gasteiger partial charge >= 0.3 is 0 Å². The normalized spacial score (nSPS) is 36.9. The highest BCUT2D eigenvalue weighted by molar-refractivity contribution is 5.91. The maximum absolute atomic E-state index is 12.9. The van der Waals surface area contributed by atoms with Crippen molar-refractivity contribution in [2.24, 2.45) is 11.3 Å². The molecule has 1 amide bonds. The van der Waals surface area contributed by atoms with Gasteiger partial charge in [-0.2, -0.15) is 0 Å². The molecule has 2 N–H and O–H groups in total. The first kappa shape index (κ1) is 23.3. The van der Waals surface area contributed by atoms with Gasteiger partial charge in [0.1, 0.15) is 11.7 Å². The largest absolute Gasteiger partial charge is 0.504 e. The molecule has 2 spiro atoms. The molecule has 4 aliphatic carbocycles. The molecule has 194 valence electrons. The van der Waals surface area contributed by atoms with Crippen LogP contribution in [0.3, 0.4) is 0 Å². The summed E-state index contributed by atoms with van der Waals surface area (Å²) < 4.78 is 13.3. The zero-order valence-corrected chi connectivity index (χ0v) is 21.9. The van der Waals surface area contributed by atoms with E-state index in [0.717, 1.165) is 44.2 Å². The van der Waals surface area contributed by atoms with Gasteiger partial charge in [-0.15, -0.1) is 0 Å². The minimum absolute atomic E-state index is 0.0458. The quantitative estimate of drug-likeness (QED) is 0.608. The van der Waals surface area contributed by atoms with Crippen LogP contribution < -0.4 is 10.1 Å². The lowest BCUT2D eigenvalue weighted by atomic mass is 9.35. The Labute approximate surface area is 218 Å². The third-order valence-electron chi connectivity index (χ3n) is 10.8. The Hall–Kier alpha value is -2.83. The number of likely N-dealkylation sites (N-methyl/N-ethyl adjacent to an activating group) is 1. The van der Waals surface area contributed by atoms with Crippen LogP contribution in [-0.4, -0.2) is 60.9 Å². The van der Waals surface area contributed by atoms with Crippen molar-refractivity contribution in [2.45, 2.75) is 62.2 Å². The monoisotopic (exact) mass is 500 g/mol. The number of amides is 1. The summed E-state index contributed by atoms with van der Waals surface area (Å²) in [5.74, 6) is 0.973. The van der Waals surface area contributed by atoms with E-state index in [1.807, 2.05) is 25.3 Å². The Kier molecular flexibility index (Phi) is 4.94. The van der Waals surface area contributed by atoms with E-state index in [4.69, 9.17) is 9.47 Å². The van der Waals surface area contributed by atoms with Crippen LogP contribution in [0.4, 0.5) is 0 Å². The number of carbonyl (C=O) groups is 1. The first-order valence-corrected chi connectivity index (χ1v) is 13.6. The Morgan fingerprint density at radius 2 is 2.03 bits per heavy atom. The summed E-state index contributed by atoms with van der Waals surface area (Å²) in [7, 11) is 4.08. The lowest BCUT2D eigenvalue weighted by Crippen LogP contribution is -2.81. The fourth-order valence-corrected chi connectivity index (χ4v) is 9.20. The SMILES string of the molecule is CO[C@]12CC[C@@]3(C[C@@H]1CNC(=O)/C=C/c1ccc(C)cc1)[C@H]1Cc4ccc(O)c5c4[C@@]3(CCN1C)[C@H]2O5. The van der Waals surface area contributed by atoms with E-state index >= 15 is 0 Å². The number of phenols is 1. The van der Waals surface area contributed by atoms with Crippen LogP contribution >= 0.6 is 0 Å². The van der Waals surface area contributed by atoms with Crippen molar-refractivity contribution in [1.82, 2.24) is 10.2 Å². The summed E-state index contributed by atoms with van der Waals surface area (Å²) in [4.78, 5) is 15.4. The van der Waals surface area contributed by atoms with E-state index in [2.05, 4.69) is 42.4 Å². The third kappa shape index (κ3) is 2.86. The number of rotatable bonds is 5. The molecule has 2 aromatic carbocycles. The molecule has 0 aromatic heterocycles. The summed E-state index contributed by atoms with van der Waals surface area (Å²) in [5, 5.41) is 14.1. The van der Waals surface area contributed by atoms with E-state index in [9.17, 15) is 9.90 Å². The number of piperidine rings is 1. The topological polar surface area (TPSA) is 71.0 Å². The molecule has 8 rings (SSSR count). The van der Waals surface area contributed by atoms with Crippen LogP contribution in [0.25, 0.3) is 6.08 Å². The molecular weight excluding hydrogens is 464 g/mol. The molecule has 6 atom stereocenters. The first-order chi connectivity index (χ1) is 17.8. The number of fused-ring (bicyclic) bond motifs is 2. The molecule has 4 bridgehead atoms. The fourth-order valence-electron chi connectivity index (χ4n) is 9.20. The average Bonchev–Trinajstić information content (AvgIpc) is 3.28. The predicted molar refractivity (Wildman–Crippen MR) is 142 cm³/mol. The highest BCUT2D eigenvalue weighted by Gasteiger charge is 2.80. The molecule has 0 unspecified atom stereocenters. The van der Waals surface area contributed by atoms with Gasteiger partial charge in [0.15, 0.2) is 11.5 Å². The Morgan fingerprint density at radius 1 is 1.22 bits per heavy atom. The Balaban J connectivity index is 1.23. The molecule has 37 heavy (non-hydrogen) atoms. The Morgan fingerprint density at radius 3 is 2.81 bits per heavy atom. The van der Waals surface area contributed by atoms with Crippen LogP contribution in [-0.2, 0) is 21.4 Å². The molecule has 6 heteroatoms. The maximum atomic E-state index is 12.9. The van der Waals surface area contributed by atoms with Crippen LogP contribution in [0.2, 0.25) is 0 Å². The average molecular weight is 501 g/mol. The molecule has 2 aliphatic heterocycles. The molecule has 2 aromatic rings. The van der Waals surface area contributed by atoms with Crippen LogP contribution in [0.15, 0.2) is 42.5 Å². The van der Waals surface area contributed by atoms with Crippen molar-refractivity contribution in [1.29, 1.82) is 0 Å². The van der Waals surface area contributed by atoms with E-state index in [1.54, 1.807) is 12.1 Å². The summed E-state index contributed by atoms with van der Waals surface area (Å²) in [6.07, 6.45) is 8.31. The van der Waals surface area contributed by atoms with Crippen LogP contribution in [0.5, 0.6) is 11.5 Å². The minimum atomic E-state index is -0.504. The first-order valence-electron chi connectivity index (χ1n) is 13.6. The van der Waals surface area contributed by atoms with Gasteiger partial charge in [-0.3, -0.25) is 4.79 Å².